The number of hydrogen-bond donors (Lipinski definition) is 1. The minimum absolute atomic E-state index is 0.440. The molecule has 2 rings (SSSR count). The van der Waals surface area contributed by atoms with E-state index in [1.807, 2.05) is 0 Å². The van der Waals surface area contributed by atoms with Gasteiger partial charge in [0.2, 0.25) is 0 Å². The molecule has 1 unspecified atom stereocenters. The number of rotatable bonds is 3. The third kappa shape index (κ3) is 2.07. The number of nitrogens with one attached hydrogen (secondary N) is 1. The average Bonchev–Trinajstić information content (AvgIpc) is 2.86. The van der Waals surface area contributed by atoms with Crippen LogP contribution in [-0.2, 0) is 6.42 Å². The van der Waals surface area contributed by atoms with Crippen LogP contribution in [0.3, 0.4) is 0 Å². The van der Waals surface area contributed by atoms with E-state index in [4.69, 9.17) is 4.42 Å². The van der Waals surface area contributed by atoms with Crippen LogP contribution in [0, 0.1) is 0 Å². The predicted molar refractivity (Wildman–Crippen MR) is 60.2 cm³/mol. The van der Waals surface area contributed by atoms with E-state index in [2.05, 4.69) is 31.1 Å². The summed E-state index contributed by atoms with van der Waals surface area (Å²) < 4.78 is 5.90. The molecule has 0 aliphatic carbocycles. The molecule has 84 valence electrons. The zero-order valence-corrected chi connectivity index (χ0v) is 9.84. The van der Waals surface area contributed by atoms with Crippen molar-refractivity contribution >= 4 is 0 Å². The second-order valence-electron chi connectivity index (χ2n) is 4.56. The van der Waals surface area contributed by atoms with Crippen molar-refractivity contribution in [2.45, 2.75) is 45.4 Å². The Labute approximate surface area is 91.3 Å². The zero-order valence-electron chi connectivity index (χ0n) is 9.84. The molecule has 1 aromatic heterocycles. The maximum Gasteiger partial charge on any atom is 0.199 e. The number of hydrogen-bond acceptors (Lipinski definition) is 3. The fraction of sp³-hybridized carbons (Fsp3) is 0.750. The van der Waals surface area contributed by atoms with Crippen LogP contribution in [0.2, 0.25) is 0 Å². The van der Waals surface area contributed by atoms with E-state index < -0.39 is 0 Å². The third-order valence-corrected chi connectivity index (χ3v) is 3.01. The minimum atomic E-state index is 0.440. The molecule has 3 nitrogen and oxygen atoms in total. The van der Waals surface area contributed by atoms with Crippen molar-refractivity contribution in [3.05, 3.63) is 17.3 Å². The molecule has 0 amide bonds. The largest absolute Gasteiger partial charge is 0.445 e. The highest BCUT2D eigenvalue weighted by atomic mass is 16.4. The van der Waals surface area contributed by atoms with Gasteiger partial charge in [0.1, 0.15) is 5.76 Å². The fourth-order valence-corrected chi connectivity index (χ4v) is 2.13. The molecule has 1 aliphatic rings. The summed E-state index contributed by atoms with van der Waals surface area (Å²) in [4.78, 5) is 4.63. The molecule has 1 fully saturated rings. The summed E-state index contributed by atoms with van der Waals surface area (Å²) in [5.41, 5.74) is 1.15. The summed E-state index contributed by atoms with van der Waals surface area (Å²) in [6, 6.07) is 0. The molecule has 0 saturated carbocycles. The number of aryl methyl sites for hydroxylation is 1. The molecule has 2 heterocycles. The smallest absolute Gasteiger partial charge is 0.199 e. The Morgan fingerprint density at radius 1 is 1.53 bits per heavy atom. The second kappa shape index (κ2) is 4.35. The molecule has 15 heavy (non-hydrogen) atoms. The van der Waals surface area contributed by atoms with Crippen LogP contribution in [0.1, 0.15) is 56.4 Å². The summed E-state index contributed by atoms with van der Waals surface area (Å²) in [5, 5.41) is 3.35. The Bertz CT molecular complexity index is 324. The highest BCUT2D eigenvalue weighted by Crippen LogP contribution is 2.28. The maximum atomic E-state index is 5.90. The molecule has 0 aromatic carbocycles. The monoisotopic (exact) mass is 208 g/mol. The Morgan fingerprint density at radius 2 is 2.33 bits per heavy atom. The average molecular weight is 208 g/mol. The first-order chi connectivity index (χ1) is 7.22. The van der Waals surface area contributed by atoms with E-state index >= 15 is 0 Å². The van der Waals surface area contributed by atoms with Crippen molar-refractivity contribution in [3.63, 3.8) is 0 Å². The molecule has 0 spiro atoms. The predicted octanol–water partition coefficient (Wildman–Crippen LogP) is 2.44. The minimum Gasteiger partial charge on any atom is -0.445 e. The second-order valence-corrected chi connectivity index (χ2v) is 4.56. The van der Waals surface area contributed by atoms with Crippen LogP contribution in [-0.4, -0.2) is 18.1 Å². The van der Waals surface area contributed by atoms with Crippen molar-refractivity contribution in [2.24, 2.45) is 0 Å². The van der Waals surface area contributed by atoms with Crippen LogP contribution in [0.25, 0.3) is 0 Å². The SMILES string of the molecule is CCc1nc(C2CCNC2)oc1C(C)C. The summed E-state index contributed by atoms with van der Waals surface area (Å²) in [6.45, 7) is 8.57. The Balaban J connectivity index is 2.25. The molecule has 1 saturated heterocycles. The zero-order chi connectivity index (χ0) is 10.8. The lowest BCUT2D eigenvalue weighted by molar-refractivity contribution is 0.412. The van der Waals surface area contributed by atoms with E-state index in [-0.39, 0.29) is 0 Å². The van der Waals surface area contributed by atoms with E-state index in [1.165, 1.54) is 0 Å². The van der Waals surface area contributed by atoms with E-state index in [0.717, 1.165) is 43.3 Å². The molecule has 0 radical (unpaired) electrons. The van der Waals surface area contributed by atoms with Crippen molar-refractivity contribution in [2.75, 3.05) is 13.1 Å². The number of oxazole rings is 1. The summed E-state index contributed by atoms with van der Waals surface area (Å²) in [5.74, 6) is 2.96. The normalized spacial score (nSPS) is 21.5. The highest BCUT2D eigenvalue weighted by molar-refractivity contribution is 5.15. The lowest BCUT2D eigenvalue weighted by atomic mass is 10.1. The fourth-order valence-electron chi connectivity index (χ4n) is 2.13. The Morgan fingerprint density at radius 3 is 2.80 bits per heavy atom. The summed E-state index contributed by atoms with van der Waals surface area (Å²) in [7, 11) is 0. The van der Waals surface area contributed by atoms with Crippen molar-refractivity contribution < 1.29 is 4.42 Å². The summed E-state index contributed by atoms with van der Waals surface area (Å²) >= 11 is 0. The van der Waals surface area contributed by atoms with Crippen molar-refractivity contribution in [1.82, 2.24) is 10.3 Å². The van der Waals surface area contributed by atoms with Gasteiger partial charge in [-0.05, 0) is 19.4 Å². The lowest BCUT2D eigenvalue weighted by Gasteiger charge is -2.02. The van der Waals surface area contributed by atoms with Gasteiger partial charge in [-0.1, -0.05) is 20.8 Å². The van der Waals surface area contributed by atoms with Gasteiger partial charge in [0, 0.05) is 18.4 Å². The number of aromatic nitrogens is 1. The first-order valence-corrected chi connectivity index (χ1v) is 5.92. The first-order valence-electron chi connectivity index (χ1n) is 5.92. The lowest BCUT2D eigenvalue weighted by Crippen LogP contribution is -2.08. The Kier molecular flexibility index (Phi) is 3.10. The van der Waals surface area contributed by atoms with Gasteiger partial charge in [-0.2, -0.15) is 0 Å². The van der Waals surface area contributed by atoms with Crippen LogP contribution >= 0.6 is 0 Å². The maximum absolute atomic E-state index is 5.90. The highest BCUT2D eigenvalue weighted by Gasteiger charge is 2.24. The summed E-state index contributed by atoms with van der Waals surface area (Å²) in [6.07, 6.45) is 2.12. The molecule has 1 aliphatic heterocycles. The molecular weight excluding hydrogens is 188 g/mol. The molecule has 0 bridgehead atoms. The molecular formula is C12H20N2O. The van der Waals surface area contributed by atoms with Gasteiger partial charge in [0.15, 0.2) is 5.89 Å². The van der Waals surface area contributed by atoms with Crippen LogP contribution in [0.4, 0.5) is 0 Å². The van der Waals surface area contributed by atoms with E-state index in [0.29, 0.717) is 11.8 Å². The van der Waals surface area contributed by atoms with Crippen LogP contribution < -0.4 is 5.32 Å². The van der Waals surface area contributed by atoms with Gasteiger partial charge in [0.25, 0.3) is 0 Å². The van der Waals surface area contributed by atoms with Gasteiger partial charge >= 0.3 is 0 Å². The molecule has 1 aromatic rings. The van der Waals surface area contributed by atoms with Gasteiger partial charge < -0.3 is 9.73 Å². The van der Waals surface area contributed by atoms with Crippen molar-refractivity contribution in [3.8, 4) is 0 Å². The third-order valence-electron chi connectivity index (χ3n) is 3.01. The quantitative estimate of drug-likeness (QED) is 0.829. The Hall–Kier alpha value is -0.830. The van der Waals surface area contributed by atoms with Crippen molar-refractivity contribution in [1.29, 1.82) is 0 Å². The standard InChI is InChI=1S/C12H20N2O/c1-4-10-11(8(2)3)15-12(14-10)9-5-6-13-7-9/h8-9,13H,4-7H2,1-3H3. The van der Waals surface area contributed by atoms with Gasteiger partial charge in [-0.15, -0.1) is 0 Å². The van der Waals surface area contributed by atoms with E-state index in [1.54, 1.807) is 0 Å². The van der Waals surface area contributed by atoms with Gasteiger partial charge in [-0.3, -0.25) is 0 Å². The number of nitrogens with zero attached hydrogens (tertiary/aromatic N) is 1. The van der Waals surface area contributed by atoms with E-state index in [9.17, 15) is 0 Å². The van der Waals surface area contributed by atoms with Crippen LogP contribution in [0.15, 0.2) is 4.42 Å². The van der Waals surface area contributed by atoms with Crippen LogP contribution in [0.5, 0.6) is 0 Å². The van der Waals surface area contributed by atoms with Gasteiger partial charge in [0.05, 0.1) is 5.69 Å². The topological polar surface area (TPSA) is 38.1 Å². The first kappa shape index (κ1) is 10.7. The van der Waals surface area contributed by atoms with Gasteiger partial charge in [-0.25, -0.2) is 4.98 Å². The molecule has 1 N–H and O–H groups in total. The molecule has 1 atom stereocenters. The molecule has 3 heteroatoms.